The SMILES string of the molecule is O=C(C1CCc2nc3ccccn3c2C1)N(Cc1ccccc1)c1ccccc1. The minimum atomic E-state index is -0.0356. The Kier molecular flexibility index (Phi) is 4.60. The zero-order valence-electron chi connectivity index (χ0n) is 16.2. The fraction of sp³-hybridized carbons (Fsp3) is 0.200. The van der Waals surface area contributed by atoms with Crippen molar-refractivity contribution in [2.24, 2.45) is 5.92 Å². The summed E-state index contributed by atoms with van der Waals surface area (Å²) in [4.78, 5) is 20.4. The van der Waals surface area contributed by atoms with Crippen LogP contribution in [0.5, 0.6) is 0 Å². The smallest absolute Gasteiger partial charge is 0.230 e. The Hall–Kier alpha value is -3.40. The van der Waals surface area contributed by atoms with Gasteiger partial charge in [-0.15, -0.1) is 0 Å². The maximum atomic E-state index is 13.7. The Morgan fingerprint density at radius 1 is 0.966 bits per heavy atom. The number of hydrogen-bond donors (Lipinski definition) is 0. The van der Waals surface area contributed by atoms with Crippen molar-refractivity contribution in [1.29, 1.82) is 0 Å². The molecule has 0 saturated carbocycles. The second kappa shape index (κ2) is 7.55. The van der Waals surface area contributed by atoms with E-state index >= 15 is 0 Å². The zero-order valence-corrected chi connectivity index (χ0v) is 16.2. The van der Waals surface area contributed by atoms with Crippen LogP contribution in [-0.4, -0.2) is 15.3 Å². The van der Waals surface area contributed by atoms with Gasteiger partial charge in [0.2, 0.25) is 5.91 Å². The highest BCUT2D eigenvalue weighted by atomic mass is 16.2. The molecule has 0 N–H and O–H groups in total. The van der Waals surface area contributed by atoms with Crippen molar-refractivity contribution in [1.82, 2.24) is 9.38 Å². The lowest BCUT2D eigenvalue weighted by Gasteiger charge is -2.29. The molecule has 144 valence electrons. The van der Waals surface area contributed by atoms with Gasteiger partial charge in [0.25, 0.3) is 0 Å². The van der Waals surface area contributed by atoms with Crippen molar-refractivity contribution in [3.63, 3.8) is 0 Å². The first-order valence-electron chi connectivity index (χ1n) is 10.1. The summed E-state index contributed by atoms with van der Waals surface area (Å²) in [6.07, 6.45) is 4.47. The number of pyridine rings is 1. The quantitative estimate of drug-likeness (QED) is 0.515. The molecule has 0 spiro atoms. The van der Waals surface area contributed by atoms with Crippen LogP contribution in [-0.2, 0) is 24.2 Å². The molecule has 4 aromatic rings. The largest absolute Gasteiger partial charge is 0.308 e. The molecule has 1 atom stereocenters. The van der Waals surface area contributed by atoms with Crippen molar-refractivity contribution in [3.05, 3.63) is 102 Å². The average molecular weight is 381 g/mol. The molecule has 4 heteroatoms. The molecule has 2 heterocycles. The number of amides is 1. The molecule has 2 aromatic carbocycles. The van der Waals surface area contributed by atoms with Gasteiger partial charge in [0.15, 0.2) is 0 Å². The summed E-state index contributed by atoms with van der Waals surface area (Å²) in [5.74, 6) is 0.156. The number of rotatable bonds is 4. The Bertz CT molecular complexity index is 1130. The molecule has 5 rings (SSSR count). The Morgan fingerprint density at radius 3 is 2.48 bits per heavy atom. The van der Waals surface area contributed by atoms with E-state index in [1.54, 1.807) is 0 Å². The summed E-state index contributed by atoms with van der Waals surface area (Å²) in [5, 5.41) is 0. The van der Waals surface area contributed by atoms with E-state index in [4.69, 9.17) is 4.98 Å². The van der Waals surface area contributed by atoms with E-state index in [9.17, 15) is 4.79 Å². The second-order valence-corrected chi connectivity index (χ2v) is 7.62. The fourth-order valence-corrected chi connectivity index (χ4v) is 4.26. The molecule has 0 bridgehead atoms. The topological polar surface area (TPSA) is 37.6 Å². The number of aromatic nitrogens is 2. The lowest BCUT2D eigenvalue weighted by molar-refractivity contribution is -0.122. The van der Waals surface area contributed by atoms with Gasteiger partial charge in [-0.2, -0.15) is 0 Å². The predicted octanol–water partition coefficient (Wildman–Crippen LogP) is 4.67. The molecule has 0 radical (unpaired) electrons. The number of fused-ring (bicyclic) bond motifs is 3. The van der Waals surface area contributed by atoms with Crippen LogP contribution in [0.15, 0.2) is 85.1 Å². The summed E-state index contributed by atoms with van der Waals surface area (Å²) in [5.41, 5.74) is 5.36. The van der Waals surface area contributed by atoms with Gasteiger partial charge in [-0.3, -0.25) is 4.79 Å². The molecule has 2 aromatic heterocycles. The van der Waals surface area contributed by atoms with Gasteiger partial charge in [0, 0.05) is 29.9 Å². The van der Waals surface area contributed by atoms with E-state index in [1.165, 1.54) is 5.69 Å². The molecule has 4 nitrogen and oxygen atoms in total. The molecular formula is C25H23N3O. The number of anilines is 1. The highest BCUT2D eigenvalue weighted by Crippen LogP contribution is 2.30. The van der Waals surface area contributed by atoms with Crippen LogP contribution in [0.1, 0.15) is 23.4 Å². The van der Waals surface area contributed by atoms with Gasteiger partial charge in [-0.1, -0.05) is 54.6 Å². The zero-order chi connectivity index (χ0) is 19.6. The number of nitrogens with zero attached hydrogens (tertiary/aromatic N) is 3. The number of carbonyl (C=O) groups is 1. The first-order valence-corrected chi connectivity index (χ1v) is 10.1. The van der Waals surface area contributed by atoms with Crippen molar-refractivity contribution >= 4 is 17.2 Å². The Labute approximate surface area is 170 Å². The number of carbonyl (C=O) groups excluding carboxylic acids is 1. The molecule has 1 aliphatic rings. The molecule has 1 amide bonds. The third-order valence-corrected chi connectivity index (χ3v) is 5.75. The van der Waals surface area contributed by atoms with Gasteiger partial charge in [0.1, 0.15) is 5.65 Å². The maximum Gasteiger partial charge on any atom is 0.230 e. The Morgan fingerprint density at radius 2 is 1.69 bits per heavy atom. The van der Waals surface area contributed by atoms with Crippen molar-refractivity contribution < 1.29 is 4.79 Å². The number of benzene rings is 2. The molecule has 0 fully saturated rings. The van der Waals surface area contributed by atoms with E-state index in [0.717, 1.165) is 41.9 Å². The van der Waals surface area contributed by atoms with Gasteiger partial charge >= 0.3 is 0 Å². The molecule has 0 aliphatic heterocycles. The third kappa shape index (κ3) is 3.42. The van der Waals surface area contributed by atoms with Crippen LogP contribution in [0.3, 0.4) is 0 Å². The molecule has 0 saturated heterocycles. The highest BCUT2D eigenvalue weighted by molar-refractivity contribution is 5.95. The van der Waals surface area contributed by atoms with E-state index < -0.39 is 0 Å². The van der Waals surface area contributed by atoms with Crippen molar-refractivity contribution in [2.75, 3.05) is 4.90 Å². The van der Waals surface area contributed by atoms with Gasteiger partial charge in [0.05, 0.1) is 12.2 Å². The standard InChI is InChI=1S/C25H23N3O/c29-25(20-14-15-22-23(17-20)27-16-8-7-13-24(27)26-22)28(21-11-5-2-6-12-21)18-19-9-3-1-4-10-19/h1-13,16,20H,14-15,17-18H2. The minimum absolute atomic E-state index is 0.0356. The second-order valence-electron chi connectivity index (χ2n) is 7.62. The van der Waals surface area contributed by atoms with Crippen LogP contribution in [0.25, 0.3) is 5.65 Å². The number of imidazole rings is 1. The summed E-state index contributed by atoms with van der Waals surface area (Å²) >= 11 is 0. The molecular weight excluding hydrogens is 358 g/mol. The normalized spacial score (nSPS) is 15.8. The van der Waals surface area contributed by atoms with E-state index in [-0.39, 0.29) is 11.8 Å². The minimum Gasteiger partial charge on any atom is -0.308 e. The van der Waals surface area contributed by atoms with Crippen LogP contribution in [0.4, 0.5) is 5.69 Å². The molecule has 1 unspecified atom stereocenters. The first kappa shape index (κ1) is 17.7. The lowest BCUT2D eigenvalue weighted by atomic mass is 9.88. The van der Waals surface area contributed by atoms with Crippen LogP contribution in [0, 0.1) is 5.92 Å². The monoisotopic (exact) mass is 381 g/mol. The van der Waals surface area contributed by atoms with E-state index in [1.807, 2.05) is 77.8 Å². The third-order valence-electron chi connectivity index (χ3n) is 5.75. The first-order chi connectivity index (χ1) is 14.3. The number of aryl methyl sites for hydroxylation is 1. The number of hydrogen-bond acceptors (Lipinski definition) is 2. The van der Waals surface area contributed by atoms with Crippen molar-refractivity contribution in [3.8, 4) is 0 Å². The van der Waals surface area contributed by atoms with Crippen molar-refractivity contribution in [2.45, 2.75) is 25.8 Å². The van der Waals surface area contributed by atoms with Gasteiger partial charge in [-0.25, -0.2) is 4.98 Å². The number of para-hydroxylation sites is 1. The summed E-state index contributed by atoms with van der Waals surface area (Å²) in [6, 6.07) is 26.3. The van der Waals surface area contributed by atoms with Crippen LogP contribution < -0.4 is 4.90 Å². The summed E-state index contributed by atoms with van der Waals surface area (Å²) < 4.78 is 2.14. The highest BCUT2D eigenvalue weighted by Gasteiger charge is 2.31. The van der Waals surface area contributed by atoms with Crippen LogP contribution in [0.2, 0.25) is 0 Å². The molecule has 29 heavy (non-hydrogen) atoms. The average Bonchev–Trinajstić information content (AvgIpc) is 3.16. The Balaban J connectivity index is 1.46. The van der Waals surface area contributed by atoms with Crippen LogP contribution >= 0.6 is 0 Å². The summed E-state index contributed by atoms with van der Waals surface area (Å²) in [7, 11) is 0. The molecule has 1 aliphatic carbocycles. The summed E-state index contributed by atoms with van der Waals surface area (Å²) in [6.45, 7) is 0.584. The fourth-order valence-electron chi connectivity index (χ4n) is 4.26. The predicted molar refractivity (Wildman–Crippen MR) is 115 cm³/mol. The lowest BCUT2D eigenvalue weighted by Crippen LogP contribution is -2.38. The van der Waals surface area contributed by atoms with E-state index in [2.05, 4.69) is 16.5 Å². The van der Waals surface area contributed by atoms with Gasteiger partial charge in [-0.05, 0) is 42.7 Å². The van der Waals surface area contributed by atoms with Gasteiger partial charge < -0.3 is 9.30 Å². The van der Waals surface area contributed by atoms with E-state index in [0.29, 0.717) is 6.54 Å². The maximum absolute atomic E-state index is 13.7.